The highest BCUT2D eigenvalue weighted by Crippen LogP contribution is 2.34. The molecule has 0 aliphatic carbocycles. The van der Waals surface area contributed by atoms with E-state index in [0.717, 1.165) is 24.4 Å². The van der Waals surface area contributed by atoms with Gasteiger partial charge in [-0.3, -0.25) is 4.90 Å². The molecule has 24 heavy (non-hydrogen) atoms. The molecule has 1 fully saturated rings. The number of rotatable bonds is 4. The van der Waals surface area contributed by atoms with Crippen LogP contribution in [0.15, 0.2) is 42.6 Å². The predicted octanol–water partition coefficient (Wildman–Crippen LogP) is 2.06. The molecule has 0 saturated carbocycles. The van der Waals surface area contributed by atoms with Crippen LogP contribution < -0.4 is 4.74 Å². The first-order valence-electron chi connectivity index (χ1n) is 8.05. The van der Waals surface area contributed by atoms with E-state index in [9.17, 15) is 5.11 Å². The topological polar surface area (TPSA) is 74.3 Å². The van der Waals surface area contributed by atoms with E-state index in [1.54, 1.807) is 13.3 Å². The molecule has 2 N–H and O–H groups in total. The van der Waals surface area contributed by atoms with Crippen LogP contribution in [0.2, 0.25) is 0 Å². The number of likely N-dealkylation sites (tertiary alicyclic amines) is 1. The van der Waals surface area contributed by atoms with Crippen molar-refractivity contribution in [2.45, 2.75) is 18.6 Å². The Kier molecular flexibility index (Phi) is 3.70. The van der Waals surface area contributed by atoms with Crippen LogP contribution in [0.1, 0.15) is 17.7 Å². The van der Waals surface area contributed by atoms with Crippen LogP contribution in [-0.2, 0) is 12.1 Å². The van der Waals surface area contributed by atoms with Gasteiger partial charge in [-0.25, -0.2) is 0 Å². The number of benzene rings is 2. The highest BCUT2D eigenvalue weighted by Gasteiger charge is 2.39. The van der Waals surface area contributed by atoms with Crippen LogP contribution in [0.25, 0.3) is 10.8 Å². The van der Waals surface area contributed by atoms with Gasteiger partial charge in [0, 0.05) is 25.2 Å². The summed E-state index contributed by atoms with van der Waals surface area (Å²) in [6.45, 7) is 2.06. The van der Waals surface area contributed by atoms with Gasteiger partial charge in [0.15, 0.2) is 0 Å². The third-order valence-corrected chi connectivity index (χ3v) is 4.82. The molecule has 6 heteroatoms. The molecule has 1 aliphatic rings. The van der Waals surface area contributed by atoms with E-state index in [-0.39, 0.29) is 0 Å². The first-order valence-corrected chi connectivity index (χ1v) is 8.05. The monoisotopic (exact) mass is 324 g/mol. The van der Waals surface area contributed by atoms with Gasteiger partial charge < -0.3 is 9.84 Å². The lowest BCUT2D eigenvalue weighted by Gasteiger charge is -2.22. The first kappa shape index (κ1) is 15.1. The molecular weight excluding hydrogens is 304 g/mol. The Hall–Kier alpha value is -2.44. The summed E-state index contributed by atoms with van der Waals surface area (Å²) in [5.41, 5.74) is 0.819. The van der Waals surface area contributed by atoms with E-state index < -0.39 is 5.60 Å². The largest absolute Gasteiger partial charge is 0.496 e. The molecule has 3 aromatic rings. The second-order valence-electron chi connectivity index (χ2n) is 6.31. The maximum Gasteiger partial charge on any atom is 0.124 e. The molecule has 0 amide bonds. The number of aromatic nitrogens is 3. The van der Waals surface area contributed by atoms with Gasteiger partial charge in [-0.2, -0.15) is 15.4 Å². The summed E-state index contributed by atoms with van der Waals surface area (Å²) in [5, 5.41) is 23.7. The third kappa shape index (κ3) is 2.53. The van der Waals surface area contributed by atoms with Crippen molar-refractivity contribution in [2.75, 3.05) is 20.2 Å². The summed E-state index contributed by atoms with van der Waals surface area (Å²) in [7, 11) is 1.70. The molecule has 2 heterocycles. The quantitative estimate of drug-likeness (QED) is 0.768. The standard InChI is InChI=1S/C18H20N4O2/c1-24-16-7-6-13-4-2-3-5-14(13)15(16)11-22-9-8-18(23,12-22)17-10-19-21-20-17/h2-7,10,23H,8-9,11-12H2,1H3,(H,19,20,21). The fourth-order valence-corrected chi connectivity index (χ4v) is 3.53. The minimum atomic E-state index is -0.940. The highest BCUT2D eigenvalue weighted by atomic mass is 16.5. The average molecular weight is 324 g/mol. The molecule has 1 aromatic heterocycles. The maximum atomic E-state index is 10.8. The Morgan fingerprint density at radius 1 is 1.29 bits per heavy atom. The van der Waals surface area contributed by atoms with Gasteiger partial charge in [-0.1, -0.05) is 30.3 Å². The van der Waals surface area contributed by atoms with Crippen molar-refractivity contribution in [1.82, 2.24) is 20.3 Å². The van der Waals surface area contributed by atoms with Crippen LogP contribution in [0.3, 0.4) is 0 Å². The number of H-pyrrole nitrogens is 1. The molecule has 0 spiro atoms. The Balaban J connectivity index is 1.63. The van der Waals surface area contributed by atoms with Crippen LogP contribution in [0.5, 0.6) is 5.75 Å². The van der Waals surface area contributed by atoms with Crippen molar-refractivity contribution in [3.05, 3.63) is 53.9 Å². The van der Waals surface area contributed by atoms with Gasteiger partial charge in [0.05, 0.1) is 13.3 Å². The number of fused-ring (bicyclic) bond motifs is 1. The van der Waals surface area contributed by atoms with Crippen LogP contribution >= 0.6 is 0 Å². The van der Waals surface area contributed by atoms with E-state index in [1.807, 2.05) is 18.2 Å². The predicted molar refractivity (Wildman–Crippen MR) is 90.7 cm³/mol. The maximum absolute atomic E-state index is 10.8. The number of ether oxygens (including phenoxy) is 1. The Bertz CT molecular complexity index is 849. The second-order valence-corrected chi connectivity index (χ2v) is 6.31. The summed E-state index contributed by atoms with van der Waals surface area (Å²) < 4.78 is 5.57. The van der Waals surface area contributed by atoms with Crippen molar-refractivity contribution in [2.24, 2.45) is 0 Å². The molecule has 1 saturated heterocycles. The second kappa shape index (κ2) is 5.89. The summed E-state index contributed by atoms with van der Waals surface area (Å²) >= 11 is 0. The zero-order chi connectivity index (χ0) is 16.6. The van der Waals surface area contributed by atoms with Crippen molar-refractivity contribution < 1.29 is 9.84 Å². The van der Waals surface area contributed by atoms with Gasteiger partial charge in [0.2, 0.25) is 0 Å². The van der Waals surface area contributed by atoms with Gasteiger partial charge in [-0.15, -0.1) is 0 Å². The third-order valence-electron chi connectivity index (χ3n) is 4.82. The Morgan fingerprint density at radius 2 is 2.17 bits per heavy atom. The van der Waals surface area contributed by atoms with Crippen molar-refractivity contribution >= 4 is 10.8 Å². The van der Waals surface area contributed by atoms with E-state index in [2.05, 4.69) is 38.5 Å². The number of nitrogens with zero attached hydrogens (tertiary/aromatic N) is 3. The van der Waals surface area contributed by atoms with Gasteiger partial charge >= 0.3 is 0 Å². The first-order chi connectivity index (χ1) is 11.7. The molecular formula is C18H20N4O2. The number of β-amino-alcohol motifs (C(OH)–C–C–N with tert-alkyl or cyclic N) is 1. The smallest absolute Gasteiger partial charge is 0.124 e. The number of hydrogen-bond donors (Lipinski definition) is 2. The van der Waals surface area contributed by atoms with E-state index >= 15 is 0 Å². The summed E-state index contributed by atoms with van der Waals surface area (Å²) in [5.74, 6) is 0.880. The average Bonchev–Trinajstić information content (AvgIpc) is 3.26. The van der Waals surface area contributed by atoms with Crippen molar-refractivity contribution in [3.63, 3.8) is 0 Å². The minimum absolute atomic E-state index is 0.534. The number of nitrogens with one attached hydrogen (secondary N) is 1. The van der Waals surface area contributed by atoms with E-state index in [0.29, 0.717) is 18.7 Å². The fraction of sp³-hybridized carbons (Fsp3) is 0.333. The molecule has 1 unspecified atom stereocenters. The molecule has 1 atom stereocenters. The van der Waals surface area contributed by atoms with E-state index in [1.165, 1.54) is 10.8 Å². The van der Waals surface area contributed by atoms with Gasteiger partial charge in [0.1, 0.15) is 17.0 Å². The number of aromatic amines is 1. The number of hydrogen-bond acceptors (Lipinski definition) is 5. The molecule has 4 rings (SSSR count). The van der Waals surface area contributed by atoms with Crippen molar-refractivity contribution in [1.29, 1.82) is 0 Å². The van der Waals surface area contributed by atoms with Crippen molar-refractivity contribution in [3.8, 4) is 5.75 Å². The summed E-state index contributed by atoms with van der Waals surface area (Å²) in [6, 6.07) is 12.4. The van der Waals surface area contributed by atoms with E-state index in [4.69, 9.17) is 4.74 Å². The summed E-state index contributed by atoms with van der Waals surface area (Å²) in [4.78, 5) is 2.24. The lowest BCUT2D eigenvalue weighted by molar-refractivity contribution is 0.0408. The summed E-state index contributed by atoms with van der Waals surface area (Å²) in [6.07, 6.45) is 2.24. The molecule has 0 radical (unpaired) electrons. The molecule has 2 aromatic carbocycles. The molecule has 0 bridgehead atoms. The highest BCUT2D eigenvalue weighted by molar-refractivity contribution is 5.87. The minimum Gasteiger partial charge on any atom is -0.496 e. The van der Waals surface area contributed by atoms with Crippen LogP contribution in [-0.4, -0.2) is 45.6 Å². The lowest BCUT2D eigenvalue weighted by atomic mass is 10.00. The van der Waals surface area contributed by atoms with Gasteiger partial charge in [0.25, 0.3) is 0 Å². The SMILES string of the molecule is COc1ccc2ccccc2c1CN1CCC(O)(c2cn[nH]n2)C1. The van der Waals surface area contributed by atoms with Crippen LogP contribution in [0, 0.1) is 0 Å². The fourth-order valence-electron chi connectivity index (χ4n) is 3.53. The zero-order valence-corrected chi connectivity index (χ0v) is 13.6. The number of aliphatic hydroxyl groups is 1. The molecule has 1 aliphatic heterocycles. The normalized spacial score (nSPS) is 21.4. The Labute approximate surface area is 140 Å². The lowest BCUT2D eigenvalue weighted by Crippen LogP contribution is -2.31. The number of methoxy groups -OCH3 is 1. The zero-order valence-electron chi connectivity index (χ0n) is 13.6. The van der Waals surface area contributed by atoms with Crippen LogP contribution in [0.4, 0.5) is 0 Å². The Morgan fingerprint density at radius 3 is 2.96 bits per heavy atom. The molecule has 124 valence electrons. The van der Waals surface area contributed by atoms with Gasteiger partial charge in [-0.05, 0) is 23.3 Å². The molecule has 6 nitrogen and oxygen atoms in total.